The number of alkyl carbamates (subject to hydrolysis) is 1. The summed E-state index contributed by atoms with van der Waals surface area (Å²) in [6.07, 6.45) is 13.3. The van der Waals surface area contributed by atoms with Crippen molar-refractivity contribution < 1.29 is 24.2 Å². The summed E-state index contributed by atoms with van der Waals surface area (Å²) in [6.45, 7) is 8.03. The van der Waals surface area contributed by atoms with Crippen LogP contribution in [-0.2, 0) is 14.3 Å². The van der Waals surface area contributed by atoms with Gasteiger partial charge in [0.2, 0.25) is 5.91 Å². The van der Waals surface area contributed by atoms with Gasteiger partial charge in [-0.2, -0.15) is 0 Å². The van der Waals surface area contributed by atoms with Gasteiger partial charge in [0.05, 0.1) is 12.7 Å². The van der Waals surface area contributed by atoms with Crippen molar-refractivity contribution in [2.45, 2.75) is 104 Å². The third kappa shape index (κ3) is 10.9. The summed E-state index contributed by atoms with van der Waals surface area (Å²) in [6, 6.07) is 0. The molecule has 1 aliphatic rings. The van der Waals surface area contributed by atoms with Crippen molar-refractivity contribution in [1.82, 2.24) is 5.32 Å². The lowest BCUT2D eigenvalue weighted by Crippen LogP contribution is -2.30. The fraction of sp³-hybridized carbons (Fsp3) is 0.800. The maximum Gasteiger partial charge on any atom is 0.413 e. The summed E-state index contributed by atoms with van der Waals surface area (Å²) < 4.78 is 4.92. The first kappa shape index (κ1) is 27.3. The molecule has 6 heteroatoms. The van der Waals surface area contributed by atoms with Gasteiger partial charge in [0, 0.05) is 12.8 Å². The minimum Gasteiger partial charge on any atom is -0.449 e. The van der Waals surface area contributed by atoms with Gasteiger partial charge in [-0.05, 0) is 49.5 Å². The van der Waals surface area contributed by atoms with E-state index in [0.717, 1.165) is 70.6 Å². The van der Waals surface area contributed by atoms with E-state index >= 15 is 0 Å². The van der Waals surface area contributed by atoms with Crippen molar-refractivity contribution in [2.75, 3.05) is 6.61 Å². The van der Waals surface area contributed by atoms with Gasteiger partial charge in [0.25, 0.3) is 0 Å². The standard InChI is InChI=1S/C25H43NO5/c1-5-6-17-25(3,4)23(29)16-14-20-13-15-22(28)21(20)12-10-8-7-9-11-18-31-24(30)26-19(2)27/h13,15,20-21,23,29H,5-12,14,16-18H2,1-4H3,(H,26,27,30)/t20-,21-,23-/m1/s1. The summed E-state index contributed by atoms with van der Waals surface area (Å²) in [7, 11) is 0. The van der Waals surface area contributed by atoms with Crippen LogP contribution in [0.2, 0.25) is 0 Å². The van der Waals surface area contributed by atoms with Crippen LogP contribution < -0.4 is 5.32 Å². The Morgan fingerprint density at radius 1 is 1.13 bits per heavy atom. The highest BCUT2D eigenvalue weighted by Crippen LogP contribution is 2.35. The molecule has 0 bridgehead atoms. The van der Waals surface area contributed by atoms with Crippen LogP contribution in [0.15, 0.2) is 12.2 Å². The largest absolute Gasteiger partial charge is 0.449 e. The lowest BCUT2D eigenvalue weighted by Gasteiger charge is -2.31. The minimum absolute atomic E-state index is 0.0598. The summed E-state index contributed by atoms with van der Waals surface area (Å²) in [5, 5.41) is 12.7. The SMILES string of the molecule is CCCCC(C)(C)[C@H](O)CC[C@H]1C=CC(=O)[C@@H]1CCCCCCCOC(=O)NC(C)=O. The van der Waals surface area contributed by atoms with E-state index in [1.54, 1.807) is 6.08 Å². The molecule has 0 aromatic heterocycles. The van der Waals surface area contributed by atoms with E-state index in [0.29, 0.717) is 6.61 Å². The molecular weight excluding hydrogens is 394 g/mol. The molecule has 0 aromatic carbocycles. The predicted molar refractivity (Wildman–Crippen MR) is 123 cm³/mol. The van der Waals surface area contributed by atoms with Crippen LogP contribution in [0.25, 0.3) is 0 Å². The van der Waals surface area contributed by atoms with Gasteiger partial charge in [-0.3, -0.25) is 14.9 Å². The maximum absolute atomic E-state index is 12.3. The number of hydrogen-bond acceptors (Lipinski definition) is 5. The highest BCUT2D eigenvalue weighted by Gasteiger charge is 2.32. The molecule has 0 unspecified atom stereocenters. The molecule has 0 heterocycles. The highest BCUT2D eigenvalue weighted by atomic mass is 16.5. The molecule has 0 fully saturated rings. The van der Waals surface area contributed by atoms with Gasteiger partial charge in [0.1, 0.15) is 0 Å². The summed E-state index contributed by atoms with van der Waals surface area (Å²) in [4.78, 5) is 34.2. The number of carbonyl (C=O) groups is 3. The first-order valence-corrected chi connectivity index (χ1v) is 12.0. The van der Waals surface area contributed by atoms with Crippen LogP contribution in [0.4, 0.5) is 4.79 Å². The van der Waals surface area contributed by atoms with E-state index in [4.69, 9.17) is 4.74 Å². The molecule has 0 spiro atoms. The average Bonchev–Trinajstić information content (AvgIpc) is 3.05. The zero-order chi connectivity index (χ0) is 23.3. The van der Waals surface area contributed by atoms with Gasteiger partial charge in [0.15, 0.2) is 5.78 Å². The summed E-state index contributed by atoms with van der Waals surface area (Å²) in [5.41, 5.74) is -0.0751. The molecule has 0 saturated heterocycles. The molecular formula is C25H43NO5. The van der Waals surface area contributed by atoms with Crippen molar-refractivity contribution in [3.05, 3.63) is 12.2 Å². The predicted octanol–water partition coefficient (Wildman–Crippen LogP) is 5.33. The van der Waals surface area contributed by atoms with Crippen LogP contribution in [-0.4, -0.2) is 35.6 Å². The normalized spacial score (nSPS) is 19.5. The third-order valence-electron chi connectivity index (χ3n) is 6.41. The zero-order valence-electron chi connectivity index (χ0n) is 20.0. The second-order valence-corrected chi connectivity index (χ2v) is 9.59. The van der Waals surface area contributed by atoms with Crippen molar-refractivity contribution in [3.63, 3.8) is 0 Å². The Morgan fingerprint density at radius 2 is 1.81 bits per heavy atom. The number of aliphatic hydroxyl groups excluding tert-OH is 1. The number of hydrogen-bond donors (Lipinski definition) is 2. The number of rotatable bonds is 15. The number of carbonyl (C=O) groups excluding carboxylic acids is 3. The molecule has 178 valence electrons. The average molecular weight is 438 g/mol. The molecule has 0 aliphatic heterocycles. The molecule has 2 amide bonds. The van der Waals surface area contributed by atoms with Gasteiger partial charge in [-0.25, -0.2) is 4.79 Å². The molecule has 1 rings (SSSR count). The van der Waals surface area contributed by atoms with E-state index < -0.39 is 12.0 Å². The zero-order valence-corrected chi connectivity index (χ0v) is 20.0. The second-order valence-electron chi connectivity index (χ2n) is 9.59. The van der Waals surface area contributed by atoms with Crippen LogP contribution in [0.1, 0.15) is 98.3 Å². The molecule has 0 saturated carbocycles. The number of ether oxygens (including phenoxy) is 1. The van der Waals surface area contributed by atoms with Crippen LogP contribution in [0.3, 0.4) is 0 Å². The molecule has 6 nitrogen and oxygen atoms in total. The molecule has 31 heavy (non-hydrogen) atoms. The van der Waals surface area contributed by atoms with Crippen LogP contribution in [0, 0.1) is 17.3 Å². The number of ketones is 1. The monoisotopic (exact) mass is 437 g/mol. The van der Waals surface area contributed by atoms with Crippen LogP contribution >= 0.6 is 0 Å². The molecule has 0 radical (unpaired) electrons. The third-order valence-corrected chi connectivity index (χ3v) is 6.41. The van der Waals surface area contributed by atoms with Crippen LogP contribution in [0.5, 0.6) is 0 Å². The van der Waals surface area contributed by atoms with Gasteiger partial charge >= 0.3 is 6.09 Å². The first-order valence-electron chi connectivity index (χ1n) is 12.0. The Kier molecular flexibility index (Phi) is 12.7. The molecule has 0 aromatic rings. The summed E-state index contributed by atoms with van der Waals surface area (Å²) >= 11 is 0. The fourth-order valence-corrected chi connectivity index (χ4v) is 4.22. The maximum atomic E-state index is 12.3. The van der Waals surface area contributed by atoms with Crippen molar-refractivity contribution in [1.29, 1.82) is 0 Å². The van der Waals surface area contributed by atoms with Crippen molar-refractivity contribution in [2.24, 2.45) is 17.3 Å². The van der Waals surface area contributed by atoms with Crippen molar-refractivity contribution in [3.8, 4) is 0 Å². The number of amides is 2. The molecule has 2 N–H and O–H groups in total. The van der Waals surface area contributed by atoms with Crippen molar-refractivity contribution >= 4 is 17.8 Å². The molecule has 3 atom stereocenters. The smallest absolute Gasteiger partial charge is 0.413 e. The molecule has 1 aliphatic carbocycles. The van der Waals surface area contributed by atoms with Gasteiger partial charge in [-0.15, -0.1) is 0 Å². The quantitative estimate of drug-likeness (QED) is 0.338. The minimum atomic E-state index is -0.690. The lowest BCUT2D eigenvalue weighted by molar-refractivity contribution is -0.119. The number of imide groups is 1. The Hall–Kier alpha value is -1.69. The first-order chi connectivity index (χ1) is 14.7. The second kappa shape index (κ2) is 14.4. The Morgan fingerprint density at radius 3 is 2.48 bits per heavy atom. The lowest BCUT2D eigenvalue weighted by atomic mass is 9.77. The van der Waals surface area contributed by atoms with E-state index in [1.807, 2.05) is 6.08 Å². The Balaban J connectivity index is 2.22. The van der Waals surface area contributed by atoms with E-state index in [1.165, 1.54) is 6.92 Å². The van der Waals surface area contributed by atoms with Gasteiger partial charge in [-0.1, -0.05) is 65.4 Å². The van der Waals surface area contributed by atoms with E-state index in [2.05, 4.69) is 26.1 Å². The number of nitrogens with one attached hydrogen (secondary N) is 1. The van der Waals surface area contributed by atoms with E-state index in [9.17, 15) is 19.5 Å². The van der Waals surface area contributed by atoms with E-state index in [-0.39, 0.29) is 29.1 Å². The topological polar surface area (TPSA) is 92.7 Å². The summed E-state index contributed by atoms with van der Waals surface area (Å²) in [5.74, 6) is 0.116. The number of allylic oxidation sites excluding steroid dienone is 2. The number of aliphatic hydroxyl groups is 1. The Labute approximate surface area is 188 Å². The number of unbranched alkanes of at least 4 members (excludes halogenated alkanes) is 5. The fourth-order valence-electron chi connectivity index (χ4n) is 4.22. The Bertz CT molecular complexity index is 599. The van der Waals surface area contributed by atoms with Gasteiger partial charge < -0.3 is 9.84 Å². The highest BCUT2D eigenvalue weighted by molar-refractivity contribution is 5.94.